The zero-order valence-corrected chi connectivity index (χ0v) is 42.1. The van der Waals surface area contributed by atoms with Crippen molar-refractivity contribution in [3.05, 3.63) is 95.7 Å². The second-order valence-electron chi connectivity index (χ2n) is 16.9. The Bertz CT molecular complexity index is 1970. The van der Waals surface area contributed by atoms with E-state index in [1.807, 2.05) is 48.6 Å². The summed E-state index contributed by atoms with van der Waals surface area (Å²) in [5.41, 5.74) is 4.57. The molecule has 0 saturated carbocycles. The molecule has 8 atom stereocenters. The number of anilines is 1. The first-order chi connectivity index (χ1) is 32.9. The molecule has 1 aliphatic rings. The first-order valence-corrected chi connectivity index (χ1v) is 26.9. The Morgan fingerprint density at radius 2 is 1.43 bits per heavy atom. The van der Waals surface area contributed by atoms with Gasteiger partial charge in [-0.05, 0) is 56.9 Å². The summed E-state index contributed by atoms with van der Waals surface area (Å²) in [5, 5.41) is 30.9. The molecular weight excluding hydrogens is 936 g/mol. The number of allylic oxidation sites excluding steroid dienone is 10. The zero-order valence-electron chi connectivity index (χ0n) is 40.4. The number of rotatable bonds is 37. The number of carbonyl (C=O) groups excluding carboxylic acids is 2. The molecule has 0 amide bonds. The molecule has 69 heavy (non-hydrogen) atoms. The van der Waals surface area contributed by atoms with E-state index in [1.54, 1.807) is 12.2 Å². The minimum Gasteiger partial charge on any atom is -0.462 e. The number of phosphoric acid groups is 2. The fraction of sp³-hybridized carbons (Fsp3) is 0.625. The van der Waals surface area contributed by atoms with Crippen molar-refractivity contribution >= 4 is 33.4 Å². The standard InChI is InChI=1S/C48H77N3O16P2/c1-4-5-6-7-19-24-29-39(52)30-25-20-15-10-8-9-11-17-22-27-32-44(54)65-40(35-62-43(53)31-26-21-16-13-12-14-18-23-28-38(2)3)36-63-68(58,59)67-69(60,61)64-37-41-45(55)46(56)47(66-41)51-34-33-42(49)50-48(51)57/h5-6,8-9,15,17,19-20,22,24-25,30,33-34,38-41,45-47,52,55-56H,4,7,10-14,16,18,21,23,26-29,31-32,35-37H2,1-3H3,(H,58,59)(H,60,61)(H2,49,50,57)/b6-5-,9-8-,20-15-,22-17-,24-19-,30-25+/t39?,40-,41-,45-,46-,47-/m1/s1. The molecule has 0 spiro atoms. The van der Waals surface area contributed by atoms with Crippen LogP contribution < -0.4 is 11.4 Å². The van der Waals surface area contributed by atoms with Crippen molar-refractivity contribution in [1.29, 1.82) is 0 Å². The van der Waals surface area contributed by atoms with Gasteiger partial charge in [-0.2, -0.15) is 9.29 Å². The van der Waals surface area contributed by atoms with Crippen molar-refractivity contribution in [3.63, 3.8) is 0 Å². The van der Waals surface area contributed by atoms with Gasteiger partial charge in [0.2, 0.25) is 0 Å². The minimum absolute atomic E-state index is 0.0971. The molecule has 0 aromatic carbocycles. The van der Waals surface area contributed by atoms with Crippen LogP contribution in [0.25, 0.3) is 0 Å². The second-order valence-corrected chi connectivity index (χ2v) is 20.0. The maximum absolute atomic E-state index is 12.8. The van der Waals surface area contributed by atoms with Crippen molar-refractivity contribution in [2.24, 2.45) is 5.92 Å². The van der Waals surface area contributed by atoms with Crippen LogP contribution in [0, 0.1) is 5.92 Å². The van der Waals surface area contributed by atoms with Gasteiger partial charge in [-0.15, -0.1) is 0 Å². The lowest BCUT2D eigenvalue weighted by molar-refractivity contribution is -0.161. The molecule has 19 nitrogen and oxygen atoms in total. The van der Waals surface area contributed by atoms with Gasteiger partial charge in [0.1, 0.15) is 30.7 Å². The summed E-state index contributed by atoms with van der Waals surface area (Å²) in [7, 11) is -10.9. The number of nitrogen functional groups attached to an aromatic ring is 1. The van der Waals surface area contributed by atoms with Crippen LogP contribution in [0.2, 0.25) is 0 Å². The van der Waals surface area contributed by atoms with Crippen LogP contribution in [-0.4, -0.2) is 96.9 Å². The second kappa shape index (κ2) is 35.3. The summed E-state index contributed by atoms with van der Waals surface area (Å²) < 4.78 is 56.5. The van der Waals surface area contributed by atoms with E-state index in [1.165, 1.54) is 31.7 Å². The fourth-order valence-electron chi connectivity index (χ4n) is 6.61. The third-order valence-electron chi connectivity index (χ3n) is 10.3. The van der Waals surface area contributed by atoms with Crippen molar-refractivity contribution in [2.75, 3.05) is 25.6 Å². The zero-order chi connectivity index (χ0) is 50.9. The highest BCUT2D eigenvalue weighted by Crippen LogP contribution is 2.60. The Labute approximate surface area is 407 Å². The number of hydrogen-bond acceptors (Lipinski definition) is 16. The molecule has 1 aromatic rings. The van der Waals surface area contributed by atoms with E-state index in [-0.39, 0.29) is 25.1 Å². The molecule has 1 fully saturated rings. The van der Waals surface area contributed by atoms with E-state index in [4.69, 9.17) is 29.0 Å². The van der Waals surface area contributed by atoms with E-state index >= 15 is 0 Å². The predicted octanol–water partition coefficient (Wildman–Crippen LogP) is 8.16. The molecule has 0 bridgehead atoms. The summed E-state index contributed by atoms with van der Waals surface area (Å²) in [6.45, 7) is 4.11. The number of aromatic nitrogens is 2. The molecular formula is C48H77N3O16P2. The summed E-state index contributed by atoms with van der Waals surface area (Å²) in [6, 6.07) is 1.24. The van der Waals surface area contributed by atoms with Gasteiger partial charge in [-0.25, -0.2) is 13.9 Å². The van der Waals surface area contributed by atoms with Gasteiger partial charge in [-0.1, -0.05) is 145 Å². The summed E-state index contributed by atoms with van der Waals surface area (Å²) in [6.07, 6.45) is 29.2. The van der Waals surface area contributed by atoms with E-state index in [2.05, 4.69) is 42.2 Å². The van der Waals surface area contributed by atoms with Crippen LogP contribution in [0.4, 0.5) is 5.82 Å². The van der Waals surface area contributed by atoms with E-state index in [0.717, 1.165) is 49.3 Å². The highest BCUT2D eigenvalue weighted by molar-refractivity contribution is 7.61. The molecule has 0 radical (unpaired) electrons. The number of nitrogens with two attached hydrogens (primary N) is 1. The van der Waals surface area contributed by atoms with Gasteiger partial charge in [0.05, 0.1) is 19.3 Å². The van der Waals surface area contributed by atoms with Crippen molar-refractivity contribution < 1.29 is 71.4 Å². The average Bonchev–Trinajstić information content (AvgIpc) is 3.57. The number of carbonyl (C=O) groups is 2. The van der Waals surface area contributed by atoms with Crippen LogP contribution in [0.5, 0.6) is 0 Å². The third kappa shape index (κ3) is 29.2. The normalized spacial score (nSPS) is 20.5. The minimum atomic E-state index is -5.45. The largest absolute Gasteiger partial charge is 0.481 e. The summed E-state index contributed by atoms with van der Waals surface area (Å²) in [5.74, 6) is -0.732. The maximum atomic E-state index is 12.8. The SMILES string of the molecule is CC/C=C\C/C=C\CC(O)/C=C/C=C\C/C=C\C/C=C\CCC(=O)O[C@H](COC(=O)CCCCCCCCCCC(C)C)COP(=O)(O)OP(=O)(O)OC[C@H]1O[C@@H](n2ccc(N)nc2=O)[C@H](O)[C@@H]1O. The first-order valence-electron chi connectivity index (χ1n) is 23.9. The smallest absolute Gasteiger partial charge is 0.462 e. The predicted molar refractivity (Wildman–Crippen MR) is 262 cm³/mol. The Kier molecular flexibility index (Phi) is 31.3. The van der Waals surface area contributed by atoms with E-state index in [9.17, 15) is 48.6 Å². The third-order valence-corrected chi connectivity index (χ3v) is 12.9. The first kappa shape index (κ1) is 61.3. The van der Waals surface area contributed by atoms with Crippen molar-refractivity contribution in [1.82, 2.24) is 9.55 Å². The lowest BCUT2D eigenvalue weighted by Crippen LogP contribution is -2.36. The van der Waals surface area contributed by atoms with Gasteiger partial charge >= 0.3 is 33.3 Å². The van der Waals surface area contributed by atoms with Gasteiger partial charge < -0.3 is 45.1 Å². The monoisotopic (exact) mass is 1010 g/mol. The molecule has 0 aliphatic carbocycles. The molecule has 2 rings (SSSR count). The van der Waals surface area contributed by atoms with E-state index < -0.39 is 89.8 Å². The fourth-order valence-corrected chi connectivity index (χ4v) is 8.72. The molecule has 1 aliphatic heterocycles. The highest BCUT2D eigenvalue weighted by Gasteiger charge is 2.46. The quantitative estimate of drug-likeness (QED) is 0.0120. The summed E-state index contributed by atoms with van der Waals surface area (Å²) in [4.78, 5) is 61.7. The average molecular weight is 1010 g/mol. The Balaban J connectivity index is 1.87. The highest BCUT2D eigenvalue weighted by atomic mass is 31.3. The number of aliphatic hydroxyl groups is 3. The Morgan fingerprint density at radius 1 is 0.812 bits per heavy atom. The van der Waals surface area contributed by atoms with Crippen LogP contribution in [0.15, 0.2) is 90.0 Å². The number of hydrogen-bond donors (Lipinski definition) is 6. The van der Waals surface area contributed by atoms with Gasteiger partial charge in [0, 0.05) is 19.0 Å². The number of phosphoric ester groups is 2. The lowest BCUT2D eigenvalue weighted by Gasteiger charge is -2.21. The molecule has 7 N–H and O–H groups in total. The Hall–Kier alpha value is -3.84. The number of aliphatic hydroxyl groups excluding tert-OH is 3. The maximum Gasteiger partial charge on any atom is 0.481 e. The van der Waals surface area contributed by atoms with Crippen molar-refractivity contribution in [3.8, 4) is 0 Å². The van der Waals surface area contributed by atoms with Crippen LogP contribution in [-0.2, 0) is 46.3 Å². The Morgan fingerprint density at radius 3 is 2.12 bits per heavy atom. The van der Waals surface area contributed by atoms with Crippen molar-refractivity contribution in [2.45, 2.75) is 167 Å². The molecule has 3 unspecified atom stereocenters. The lowest BCUT2D eigenvalue weighted by atomic mass is 10.0. The number of nitrogens with zero attached hydrogens (tertiary/aromatic N) is 2. The number of esters is 2. The summed E-state index contributed by atoms with van der Waals surface area (Å²) >= 11 is 0. The van der Waals surface area contributed by atoms with Gasteiger partial charge in [-0.3, -0.25) is 23.2 Å². The van der Waals surface area contributed by atoms with Crippen LogP contribution in [0.1, 0.15) is 136 Å². The van der Waals surface area contributed by atoms with Crippen LogP contribution >= 0.6 is 15.6 Å². The van der Waals surface area contributed by atoms with E-state index in [0.29, 0.717) is 31.6 Å². The topological polar surface area (TPSA) is 286 Å². The molecule has 1 saturated heterocycles. The molecule has 2 heterocycles. The van der Waals surface area contributed by atoms with Gasteiger partial charge in [0.15, 0.2) is 12.3 Å². The van der Waals surface area contributed by atoms with Crippen LogP contribution in [0.3, 0.4) is 0 Å². The number of ether oxygens (including phenoxy) is 3. The molecule has 21 heteroatoms. The molecule has 390 valence electrons. The number of unbranched alkanes of at least 4 members (excludes halogenated alkanes) is 7. The molecule has 1 aromatic heterocycles. The van der Waals surface area contributed by atoms with Gasteiger partial charge in [0.25, 0.3) is 0 Å².